The average Bonchev–Trinajstić information content (AvgIpc) is 1.97. The highest BCUT2D eigenvalue weighted by Gasteiger charge is 2.12. The minimum absolute atomic E-state index is 0.491. The predicted molar refractivity (Wildman–Crippen MR) is 35.0 cm³/mol. The zero-order chi connectivity index (χ0) is 6.69. The molecule has 1 heterocycles. The number of aliphatic hydroxyl groups is 1. The second-order valence-corrected chi connectivity index (χ2v) is 2.80. The lowest BCUT2D eigenvalue weighted by molar-refractivity contribution is -0.0955. The molecule has 1 aliphatic rings. The first-order valence-electron chi connectivity index (χ1n) is 3.58. The van der Waals surface area contributed by atoms with E-state index in [0.717, 1.165) is 31.8 Å². The van der Waals surface area contributed by atoms with E-state index in [4.69, 9.17) is 9.84 Å². The van der Waals surface area contributed by atoms with Crippen LogP contribution >= 0.6 is 0 Å². The Kier molecular flexibility index (Phi) is 2.49. The fourth-order valence-electron chi connectivity index (χ4n) is 1.06. The maximum absolute atomic E-state index is 8.98. The monoisotopic (exact) mass is 130 g/mol. The number of ether oxygens (including phenoxy) is 1. The molecule has 0 bridgehead atoms. The van der Waals surface area contributed by atoms with Gasteiger partial charge in [-0.1, -0.05) is 6.92 Å². The van der Waals surface area contributed by atoms with Crippen molar-refractivity contribution < 1.29 is 9.84 Å². The molecular weight excluding hydrogens is 116 g/mol. The van der Waals surface area contributed by atoms with Crippen LogP contribution in [0.1, 0.15) is 26.2 Å². The maximum atomic E-state index is 8.98. The third kappa shape index (κ3) is 2.33. The Morgan fingerprint density at radius 1 is 1.33 bits per heavy atom. The van der Waals surface area contributed by atoms with Gasteiger partial charge in [0.1, 0.15) is 0 Å². The van der Waals surface area contributed by atoms with Crippen molar-refractivity contribution in [3.8, 4) is 0 Å². The SMILES string of the molecule is C[C@H]1CCO[C@H](O)CC1. The van der Waals surface area contributed by atoms with Gasteiger partial charge in [-0.05, 0) is 25.2 Å². The molecule has 1 rings (SSSR count). The van der Waals surface area contributed by atoms with E-state index in [2.05, 4.69) is 6.92 Å². The lowest BCUT2D eigenvalue weighted by Gasteiger charge is -2.04. The molecule has 0 radical (unpaired) electrons. The second-order valence-electron chi connectivity index (χ2n) is 2.80. The molecule has 54 valence electrons. The van der Waals surface area contributed by atoms with Gasteiger partial charge in [-0.25, -0.2) is 0 Å². The van der Waals surface area contributed by atoms with Gasteiger partial charge < -0.3 is 9.84 Å². The number of hydrogen-bond acceptors (Lipinski definition) is 2. The number of aliphatic hydroxyl groups excluding tert-OH is 1. The van der Waals surface area contributed by atoms with Crippen LogP contribution in [0, 0.1) is 5.92 Å². The van der Waals surface area contributed by atoms with E-state index in [9.17, 15) is 0 Å². The van der Waals surface area contributed by atoms with Gasteiger partial charge in [0.15, 0.2) is 6.29 Å². The molecule has 0 aromatic rings. The molecule has 0 spiro atoms. The van der Waals surface area contributed by atoms with Crippen LogP contribution in [-0.2, 0) is 4.74 Å². The molecule has 0 saturated carbocycles. The molecule has 0 amide bonds. The molecule has 9 heavy (non-hydrogen) atoms. The molecule has 0 aromatic heterocycles. The van der Waals surface area contributed by atoms with Crippen molar-refractivity contribution in [2.75, 3.05) is 6.61 Å². The Hall–Kier alpha value is -0.0800. The summed E-state index contributed by atoms with van der Waals surface area (Å²) in [5, 5.41) is 8.98. The van der Waals surface area contributed by atoms with Crippen LogP contribution in [0.2, 0.25) is 0 Å². The van der Waals surface area contributed by atoms with Crippen LogP contribution in [0.3, 0.4) is 0 Å². The normalized spacial score (nSPS) is 38.0. The van der Waals surface area contributed by atoms with Crippen LogP contribution in [0.25, 0.3) is 0 Å². The van der Waals surface area contributed by atoms with E-state index in [1.807, 2.05) is 0 Å². The maximum Gasteiger partial charge on any atom is 0.154 e. The summed E-state index contributed by atoms with van der Waals surface area (Å²) in [6, 6.07) is 0. The van der Waals surface area contributed by atoms with Crippen molar-refractivity contribution in [2.24, 2.45) is 5.92 Å². The summed E-state index contributed by atoms with van der Waals surface area (Å²) in [6.45, 7) is 2.92. The standard InChI is InChI=1S/C7H14O2/c1-6-2-3-7(8)9-5-4-6/h6-8H,2-5H2,1H3/t6-,7+/m1/s1. The highest BCUT2D eigenvalue weighted by atomic mass is 16.6. The van der Waals surface area contributed by atoms with Gasteiger partial charge in [0.2, 0.25) is 0 Å². The zero-order valence-corrected chi connectivity index (χ0v) is 5.84. The quantitative estimate of drug-likeness (QED) is 0.533. The molecule has 2 heteroatoms. The topological polar surface area (TPSA) is 29.5 Å². The van der Waals surface area contributed by atoms with Gasteiger partial charge in [-0.15, -0.1) is 0 Å². The molecule has 1 saturated heterocycles. The third-order valence-electron chi connectivity index (χ3n) is 1.83. The highest BCUT2D eigenvalue weighted by Crippen LogP contribution is 2.16. The van der Waals surface area contributed by atoms with E-state index in [1.54, 1.807) is 0 Å². The van der Waals surface area contributed by atoms with Crippen LogP contribution in [0.4, 0.5) is 0 Å². The average molecular weight is 130 g/mol. The summed E-state index contributed by atoms with van der Waals surface area (Å²) >= 11 is 0. The third-order valence-corrected chi connectivity index (χ3v) is 1.83. The lowest BCUT2D eigenvalue weighted by atomic mass is 10.0. The van der Waals surface area contributed by atoms with Crippen molar-refractivity contribution in [2.45, 2.75) is 32.5 Å². The first-order valence-corrected chi connectivity index (χ1v) is 3.58. The van der Waals surface area contributed by atoms with Gasteiger partial charge in [0.05, 0.1) is 0 Å². The van der Waals surface area contributed by atoms with Crippen molar-refractivity contribution in [1.82, 2.24) is 0 Å². The predicted octanol–water partition coefficient (Wildman–Crippen LogP) is 1.14. The Morgan fingerprint density at radius 2 is 2.11 bits per heavy atom. The summed E-state index contributed by atoms with van der Waals surface area (Å²) in [7, 11) is 0. The van der Waals surface area contributed by atoms with Crippen molar-refractivity contribution >= 4 is 0 Å². The highest BCUT2D eigenvalue weighted by molar-refractivity contribution is 4.58. The smallest absolute Gasteiger partial charge is 0.154 e. The van der Waals surface area contributed by atoms with Gasteiger partial charge >= 0.3 is 0 Å². The van der Waals surface area contributed by atoms with Gasteiger partial charge in [-0.2, -0.15) is 0 Å². The van der Waals surface area contributed by atoms with E-state index >= 15 is 0 Å². The summed E-state index contributed by atoms with van der Waals surface area (Å²) < 4.78 is 5.03. The first-order chi connectivity index (χ1) is 4.29. The first kappa shape index (κ1) is 7.03. The Morgan fingerprint density at radius 3 is 2.89 bits per heavy atom. The summed E-state index contributed by atoms with van der Waals surface area (Å²) in [4.78, 5) is 0. The molecule has 0 aliphatic carbocycles. The largest absolute Gasteiger partial charge is 0.368 e. The van der Waals surface area contributed by atoms with E-state index in [1.165, 1.54) is 0 Å². The summed E-state index contributed by atoms with van der Waals surface area (Å²) in [5.74, 6) is 0.724. The van der Waals surface area contributed by atoms with Crippen molar-refractivity contribution in [1.29, 1.82) is 0 Å². The van der Waals surface area contributed by atoms with Crippen LogP contribution < -0.4 is 0 Å². The molecule has 0 unspecified atom stereocenters. The van der Waals surface area contributed by atoms with Crippen molar-refractivity contribution in [3.63, 3.8) is 0 Å². The fraction of sp³-hybridized carbons (Fsp3) is 1.00. The molecule has 2 atom stereocenters. The molecule has 1 aliphatic heterocycles. The Bertz CT molecular complexity index is 73.0. The van der Waals surface area contributed by atoms with Crippen LogP contribution in [-0.4, -0.2) is 18.0 Å². The fourth-order valence-corrected chi connectivity index (χ4v) is 1.06. The summed E-state index contributed by atoms with van der Waals surface area (Å²) in [5.41, 5.74) is 0. The number of hydrogen-bond donors (Lipinski definition) is 1. The molecule has 1 fully saturated rings. The lowest BCUT2D eigenvalue weighted by Crippen LogP contribution is -2.08. The summed E-state index contributed by atoms with van der Waals surface area (Å²) in [6.07, 6.45) is 2.51. The molecule has 2 nitrogen and oxygen atoms in total. The van der Waals surface area contributed by atoms with Crippen LogP contribution in [0.5, 0.6) is 0 Å². The van der Waals surface area contributed by atoms with Gasteiger partial charge in [0.25, 0.3) is 0 Å². The van der Waals surface area contributed by atoms with E-state index in [0.29, 0.717) is 0 Å². The molecule has 0 aromatic carbocycles. The van der Waals surface area contributed by atoms with E-state index < -0.39 is 6.29 Å². The number of rotatable bonds is 0. The minimum atomic E-state index is -0.491. The zero-order valence-electron chi connectivity index (χ0n) is 5.84. The van der Waals surface area contributed by atoms with Crippen LogP contribution in [0.15, 0.2) is 0 Å². The Balaban J connectivity index is 2.25. The van der Waals surface area contributed by atoms with Crippen molar-refractivity contribution in [3.05, 3.63) is 0 Å². The van der Waals surface area contributed by atoms with E-state index in [-0.39, 0.29) is 0 Å². The van der Waals surface area contributed by atoms with Gasteiger partial charge in [-0.3, -0.25) is 0 Å². The van der Waals surface area contributed by atoms with Gasteiger partial charge in [0, 0.05) is 6.61 Å². The Labute approximate surface area is 55.8 Å². The molecule has 1 N–H and O–H groups in total. The minimum Gasteiger partial charge on any atom is -0.368 e. The second kappa shape index (κ2) is 3.18. The molecular formula is C7H14O2.